The van der Waals surface area contributed by atoms with E-state index in [-0.39, 0.29) is 0 Å². The highest BCUT2D eigenvalue weighted by Gasteiger charge is 2.16. The summed E-state index contributed by atoms with van der Waals surface area (Å²) in [5, 5.41) is 1.45. The Balaban J connectivity index is 1.45. The molecule has 1 heterocycles. The number of halogens is 2. The molecule has 0 amide bonds. The van der Waals surface area contributed by atoms with E-state index in [1.807, 2.05) is 24.3 Å². The quantitative estimate of drug-likeness (QED) is 0.753. The minimum atomic E-state index is 0.693. The first-order chi connectivity index (χ1) is 11.7. The molecular formula is C20H22Cl2N2. The molecule has 0 aliphatic carbocycles. The van der Waals surface area contributed by atoms with Crippen molar-refractivity contribution in [2.75, 3.05) is 32.7 Å². The monoisotopic (exact) mass is 360 g/mol. The van der Waals surface area contributed by atoms with E-state index in [1.54, 1.807) is 0 Å². The second-order valence-electron chi connectivity index (χ2n) is 6.13. The zero-order valence-electron chi connectivity index (χ0n) is 13.7. The molecule has 0 spiro atoms. The van der Waals surface area contributed by atoms with Crippen LogP contribution < -0.4 is 0 Å². The van der Waals surface area contributed by atoms with Gasteiger partial charge in [0.2, 0.25) is 0 Å². The molecule has 0 saturated carbocycles. The fourth-order valence-corrected chi connectivity index (χ4v) is 3.39. The molecule has 1 saturated heterocycles. The molecule has 2 nitrogen and oxygen atoms in total. The van der Waals surface area contributed by atoms with Crippen LogP contribution in [-0.2, 0) is 6.54 Å². The molecule has 3 rings (SSSR count). The number of hydrogen-bond acceptors (Lipinski definition) is 2. The SMILES string of the molecule is Clc1ccc(CN2CCN(C/C=C/c3ccccc3)CC2)c(Cl)c1. The van der Waals surface area contributed by atoms with Gasteiger partial charge in [0.1, 0.15) is 0 Å². The van der Waals surface area contributed by atoms with Crippen molar-refractivity contribution in [1.82, 2.24) is 9.80 Å². The van der Waals surface area contributed by atoms with Gasteiger partial charge in [0, 0.05) is 49.3 Å². The number of benzene rings is 2. The smallest absolute Gasteiger partial charge is 0.0465 e. The molecule has 0 bridgehead atoms. The van der Waals surface area contributed by atoms with Gasteiger partial charge in [-0.15, -0.1) is 0 Å². The summed E-state index contributed by atoms with van der Waals surface area (Å²) in [6.45, 7) is 6.21. The Morgan fingerprint density at radius 3 is 2.29 bits per heavy atom. The Morgan fingerprint density at radius 1 is 0.875 bits per heavy atom. The summed E-state index contributed by atoms with van der Waals surface area (Å²) in [7, 11) is 0. The summed E-state index contributed by atoms with van der Waals surface area (Å²) in [4.78, 5) is 4.94. The Hall–Kier alpha value is -1.32. The molecule has 0 N–H and O–H groups in total. The van der Waals surface area contributed by atoms with Gasteiger partial charge in [-0.3, -0.25) is 9.80 Å². The summed E-state index contributed by atoms with van der Waals surface area (Å²) >= 11 is 12.2. The summed E-state index contributed by atoms with van der Waals surface area (Å²) in [5.74, 6) is 0. The Bertz CT molecular complexity index is 677. The van der Waals surface area contributed by atoms with Crippen LogP contribution in [0.1, 0.15) is 11.1 Å². The average Bonchev–Trinajstić information content (AvgIpc) is 2.60. The third kappa shape index (κ3) is 5.09. The summed E-state index contributed by atoms with van der Waals surface area (Å²) < 4.78 is 0. The largest absolute Gasteiger partial charge is 0.297 e. The fourth-order valence-electron chi connectivity index (χ4n) is 2.92. The zero-order valence-corrected chi connectivity index (χ0v) is 15.2. The van der Waals surface area contributed by atoms with Gasteiger partial charge >= 0.3 is 0 Å². The lowest BCUT2D eigenvalue weighted by atomic mass is 10.2. The van der Waals surface area contributed by atoms with Gasteiger partial charge in [0.25, 0.3) is 0 Å². The number of hydrogen-bond donors (Lipinski definition) is 0. The third-order valence-electron chi connectivity index (χ3n) is 4.35. The molecule has 0 radical (unpaired) electrons. The molecule has 0 aromatic heterocycles. The second kappa shape index (κ2) is 8.68. The van der Waals surface area contributed by atoms with Gasteiger partial charge in [0.05, 0.1) is 0 Å². The lowest BCUT2D eigenvalue weighted by Crippen LogP contribution is -2.45. The molecule has 4 heteroatoms. The number of rotatable bonds is 5. The van der Waals surface area contributed by atoms with Gasteiger partial charge in [-0.05, 0) is 23.3 Å². The van der Waals surface area contributed by atoms with Crippen molar-refractivity contribution in [3.8, 4) is 0 Å². The van der Waals surface area contributed by atoms with Crippen molar-refractivity contribution in [2.45, 2.75) is 6.54 Å². The van der Waals surface area contributed by atoms with Crippen LogP contribution in [0.25, 0.3) is 6.08 Å². The molecule has 1 aliphatic rings. The van der Waals surface area contributed by atoms with E-state index < -0.39 is 0 Å². The highest BCUT2D eigenvalue weighted by atomic mass is 35.5. The van der Waals surface area contributed by atoms with Crippen LogP contribution in [-0.4, -0.2) is 42.5 Å². The van der Waals surface area contributed by atoms with E-state index in [9.17, 15) is 0 Å². The molecule has 2 aromatic rings. The van der Waals surface area contributed by atoms with E-state index >= 15 is 0 Å². The van der Waals surface area contributed by atoms with Crippen LogP contribution in [0.5, 0.6) is 0 Å². The van der Waals surface area contributed by atoms with Crippen LogP contribution in [0, 0.1) is 0 Å². The summed E-state index contributed by atoms with van der Waals surface area (Å²) in [5.41, 5.74) is 2.41. The van der Waals surface area contributed by atoms with Crippen molar-refractivity contribution < 1.29 is 0 Å². The molecule has 126 valence electrons. The van der Waals surface area contributed by atoms with Gasteiger partial charge < -0.3 is 0 Å². The molecule has 2 aromatic carbocycles. The number of piperazine rings is 1. The Morgan fingerprint density at radius 2 is 1.58 bits per heavy atom. The van der Waals surface area contributed by atoms with Gasteiger partial charge in [-0.2, -0.15) is 0 Å². The molecule has 0 unspecified atom stereocenters. The van der Waals surface area contributed by atoms with Gasteiger partial charge in [0.15, 0.2) is 0 Å². The van der Waals surface area contributed by atoms with Crippen LogP contribution in [0.15, 0.2) is 54.6 Å². The predicted octanol–water partition coefficient (Wildman–Crippen LogP) is 4.82. The second-order valence-corrected chi connectivity index (χ2v) is 6.97. The topological polar surface area (TPSA) is 6.48 Å². The minimum Gasteiger partial charge on any atom is -0.297 e. The highest BCUT2D eigenvalue weighted by molar-refractivity contribution is 6.35. The molecular weight excluding hydrogens is 339 g/mol. The first kappa shape index (κ1) is 17.5. The Kier molecular flexibility index (Phi) is 6.33. The predicted molar refractivity (Wildman–Crippen MR) is 104 cm³/mol. The molecule has 24 heavy (non-hydrogen) atoms. The van der Waals surface area contributed by atoms with Crippen molar-refractivity contribution in [3.05, 3.63) is 75.8 Å². The summed E-state index contributed by atoms with van der Waals surface area (Å²) in [6.07, 6.45) is 4.45. The lowest BCUT2D eigenvalue weighted by molar-refractivity contribution is 0.137. The van der Waals surface area contributed by atoms with E-state index in [0.29, 0.717) is 5.02 Å². The van der Waals surface area contributed by atoms with Gasteiger partial charge in [-0.1, -0.05) is 71.8 Å². The average molecular weight is 361 g/mol. The molecule has 0 atom stereocenters. The van der Waals surface area contributed by atoms with Crippen LogP contribution in [0.4, 0.5) is 0 Å². The van der Waals surface area contributed by atoms with Crippen molar-refractivity contribution in [2.24, 2.45) is 0 Å². The van der Waals surface area contributed by atoms with Crippen LogP contribution in [0.3, 0.4) is 0 Å². The first-order valence-electron chi connectivity index (χ1n) is 8.31. The molecule has 1 fully saturated rings. The maximum absolute atomic E-state index is 6.27. The third-order valence-corrected chi connectivity index (χ3v) is 4.93. The van der Waals surface area contributed by atoms with Crippen molar-refractivity contribution >= 4 is 29.3 Å². The van der Waals surface area contributed by atoms with Gasteiger partial charge in [-0.25, -0.2) is 0 Å². The molecule has 1 aliphatic heterocycles. The maximum Gasteiger partial charge on any atom is 0.0465 e. The normalized spacial score (nSPS) is 16.8. The maximum atomic E-state index is 6.27. The van der Waals surface area contributed by atoms with E-state index in [2.05, 4.69) is 46.2 Å². The van der Waals surface area contributed by atoms with Crippen LogP contribution in [0.2, 0.25) is 10.0 Å². The standard InChI is InChI=1S/C20H22Cl2N2/c21-19-9-8-18(20(22)15-19)16-24-13-11-23(12-14-24)10-4-7-17-5-2-1-3-6-17/h1-9,15H,10-14,16H2/b7-4+. The fraction of sp³-hybridized carbons (Fsp3) is 0.300. The van der Waals surface area contributed by atoms with Crippen LogP contribution >= 0.6 is 23.2 Å². The zero-order chi connectivity index (χ0) is 16.8. The van der Waals surface area contributed by atoms with Crippen molar-refractivity contribution in [3.63, 3.8) is 0 Å². The Labute approximate surface area is 154 Å². The minimum absolute atomic E-state index is 0.693. The van der Waals surface area contributed by atoms with E-state index in [4.69, 9.17) is 23.2 Å². The lowest BCUT2D eigenvalue weighted by Gasteiger charge is -2.34. The van der Waals surface area contributed by atoms with E-state index in [1.165, 1.54) is 5.56 Å². The first-order valence-corrected chi connectivity index (χ1v) is 9.06. The van der Waals surface area contributed by atoms with Crippen molar-refractivity contribution in [1.29, 1.82) is 0 Å². The number of nitrogens with zero attached hydrogens (tertiary/aromatic N) is 2. The van der Waals surface area contributed by atoms with E-state index in [0.717, 1.165) is 49.9 Å². The highest BCUT2D eigenvalue weighted by Crippen LogP contribution is 2.22. The summed E-state index contributed by atoms with van der Waals surface area (Å²) in [6, 6.07) is 16.2.